The van der Waals surface area contributed by atoms with E-state index in [-0.39, 0.29) is 18.2 Å². The number of carbonyl (C=O) groups is 2. The number of nitrogens with zero attached hydrogens (tertiary/aromatic N) is 1. The molecule has 18 heavy (non-hydrogen) atoms. The normalized spacial score (nSPS) is 11.9. The lowest BCUT2D eigenvalue weighted by Crippen LogP contribution is -2.37. The third kappa shape index (κ3) is 5.05. The third-order valence-corrected chi connectivity index (χ3v) is 2.44. The zero-order valence-electron chi connectivity index (χ0n) is 10.7. The van der Waals surface area contributed by atoms with Gasteiger partial charge < -0.3 is 10.1 Å². The molecule has 0 saturated heterocycles. The number of ether oxygens (including phenoxy) is 1. The summed E-state index contributed by atoms with van der Waals surface area (Å²) in [6.07, 6.45) is 3.46. The molecule has 1 unspecified atom stereocenters. The van der Waals surface area contributed by atoms with Crippen LogP contribution < -0.4 is 5.32 Å². The van der Waals surface area contributed by atoms with E-state index in [0.717, 1.165) is 5.56 Å². The van der Waals surface area contributed by atoms with Gasteiger partial charge in [0, 0.05) is 18.9 Å². The molecular weight excluding hydrogens is 232 g/mol. The van der Waals surface area contributed by atoms with Crippen molar-refractivity contribution in [2.24, 2.45) is 0 Å². The molecule has 0 aliphatic carbocycles. The monoisotopic (exact) mass is 250 g/mol. The van der Waals surface area contributed by atoms with E-state index in [1.165, 1.54) is 6.92 Å². The number of hydrogen-bond donors (Lipinski definition) is 1. The fourth-order valence-electron chi connectivity index (χ4n) is 1.49. The van der Waals surface area contributed by atoms with E-state index in [1.54, 1.807) is 19.3 Å². The number of nitrogens with one attached hydrogen (secondary N) is 1. The molecule has 0 aliphatic heterocycles. The maximum atomic E-state index is 11.4. The molecule has 1 heterocycles. The van der Waals surface area contributed by atoms with Gasteiger partial charge in [0.1, 0.15) is 5.78 Å². The second-order valence-electron chi connectivity index (χ2n) is 3.91. The SMILES string of the molecule is CCOC(=O)CC(NCc1cccnc1)C(C)=O. The second kappa shape index (κ2) is 7.55. The summed E-state index contributed by atoms with van der Waals surface area (Å²) in [6.45, 7) is 4.02. The molecule has 0 spiro atoms. The van der Waals surface area contributed by atoms with Crippen molar-refractivity contribution in [3.63, 3.8) is 0 Å². The minimum absolute atomic E-state index is 0.0590. The van der Waals surface area contributed by atoms with Crippen LogP contribution in [0, 0.1) is 0 Å². The van der Waals surface area contributed by atoms with Gasteiger partial charge >= 0.3 is 5.97 Å². The molecule has 1 atom stereocenters. The molecule has 0 fully saturated rings. The van der Waals surface area contributed by atoms with Crippen molar-refractivity contribution < 1.29 is 14.3 Å². The Morgan fingerprint density at radius 3 is 2.83 bits per heavy atom. The molecule has 0 aromatic carbocycles. The summed E-state index contributed by atoms with van der Waals surface area (Å²) in [7, 11) is 0. The maximum absolute atomic E-state index is 11.4. The fraction of sp³-hybridized carbons (Fsp3) is 0.462. The van der Waals surface area contributed by atoms with Gasteiger partial charge in [-0.1, -0.05) is 6.07 Å². The zero-order chi connectivity index (χ0) is 13.4. The Balaban J connectivity index is 2.48. The van der Waals surface area contributed by atoms with E-state index < -0.39 is 6.04 Å². The molecule has 0 saturated carbocycles. The molecule has 1 aromatic heterocycles. The molecule has 5 nitrogen and oxygen atoms in total. The molecular formula is C13H18N2O3. The van der Waals surface area contributed by atoms with E-state index in [2.05, 4.69) is 10.3 Å². The van der Waals surface area contributed by atoms with Crippen LogP contribution in [-0.2, 0) is 20.9 Å². The van der Waals surface area contributed by atoms with Crippen molar-refractivity contribution in [1.29, 1.82) is 0 Å². The van der Waals surface area contributed by atoms with E-state index in [9.17, 15) is 9.59 Å². The largest absolute Gasteiger partial charge is 0.466 e. The summed E-state index contributed by atoms with van der Waals surface area (Å²) >= 11 is 0. The zero-order valence-corrected chi connectivity index (χ0v) is 10.7. The lowest BCUT2D eigenvalue weighted by Gasteiger charge is -2.14. The lowest BCUT2D eigenvalue weighted by molar-refractivity contribution is -0.145. The Hall–Kier alpha value is -1.75. The predicted octanol–water partition coefficient (Wildman–Crippen LogP) is 1.08. The van der Waals surface area contributed by atoms with Gasteiger partial charge in [-0.05, 0) is 25.5 Å². The number of rotatable bonds is 7. The minimum atomic E-state index is -0.510. The molecule has 0 bridgehead atoms. The average Bonchev–Trinajstić information content (AvgIpc) is 2.35. The first-order chi connectivity index (χ1) is 8.63. The summed E-state index contributed by atoms with van der Waals surface area (Å²) in [5, 5.41) is 3.03. The van der Waals surface area contributed by atoms with Crippen LogP contribution in [0.4, 0.5) is 0 Å². The summed E-state index contributed by atoms with van der Waals surface area (Å²) in [4.78, 5) is 26.7. The van der Waals surface area contributed by atoms with Crippen LogP contribution in [0.1, 0.15) is 25.8 Å². The standard InChI is InChI=1S/C13H18N2O3/c1-3-18-13(17)7-12(10(2)16)15-9-11-5-4-6-14-8-11/h4-6,8,12,15H,3,7,9H2,1-2H3. The molecule has 0 radical (unpaired) electrons. The topological polar surface area (TPSA) is 68.3 Å². The summed E-state index contributed by atoms with van der Waals surface area (Å²) in [6, 6.07) is 3.22. The van der Waals surface area contributed by atoms with E-state index in [0.29, 0.717) is 13.2 Å². The number of aromatic nitrogens is 1. The summed E-state index contributed by atoms with van der Waals surface area (Å²) in [5.41, 5.74) is 0.965. The highest BCUT2D eigenvalue weighted by Gasteiger charge is 2.18. The van der Waals surface area contributed by atoms with E-state index in [1.807, 2.05) is 12.1 Å². The molecule has 1 aromatic rings. The first-order valence-corrected chi connectivity index (χ1v) is 5.91. The van der Waals surface area contributed by atoms with Gasteiger partial charge in [-0.2, -0.15) is 0 Å². The highest BCUT2D eigenvalue weighted by molar-refractivity contribution is 5.86. The molecule has 98 valence electrons. The smallest absolute Gasteiger partial charge is 0.307 e. The number of esters is 1. The van der Waals surface area contributed by atoms with Crippen LogP contribution in [0.3, 0.4) is 0 Å². The van der Waals surface area contributed by atoms with Crippen molar-refractivity contribution in [3.05, 3.63) is 30.1 Å². The van der Waals surface area contributed by atoms with Crippen LogP contribution in [0.5, 0.6) is 0 Å². The van der Waals surface area contributed by atoms with E-state index in [4.69, 9.17) is 4.74 Å². The van der Waals surface area contributed by atoms with Gasteiger partial charge in [-0.25, -0.2) is 0 Å². The number of pyridine rings is 1. The molecule has 0 aliphatic rings. The first kappa shape index (κ1) is 14.3. The Kier molecular flexibility index (Phi) is 6.00. The van der Waals surface area contributed by atoms with Gasteiger partial charge in [0.2, 0.25) is 0 Å². The van der Waals surface area contributed by atoms with Gasteiger partial charge in [-0.3, -0.25) is 14.6 Å². The predicted molar refractivity (Wildman–Crippen MR) is 66.8 cm³/mol. The van der Waals surface area contributed by atoms with Gasteiger partial charge in [0.25, 0.3) is 0 Å². The van der Waals surface area contributed by atoms with Crippen molar-refractivity contribution in [2.45, 2.75) is 32.9 Å². The highest BCUT2D eigenvalue weighted by atomic mass is 16.5. The number of Topliss-reactive ketones (excluding diaryl/α,β-unsaturated/α-hetero) is 1. The Morgan fingerprint density at radius 1 is 1.50 bits per heavy atom. The number of ketones is 1. The van der Waals surface area contributed by atoms with Crippen molar-refractivity contribution >= 4 is 11.8 Å². The Labute approximate surface area is 107 Å². The maximum Gasteiger partial charge on any atom is 0.307 e. The first-order valence-electron chi connectivity index (χ1n) is 5.91. The molecule has 0 amide bonds. The highest BCUT2D eigenvalue weighted by Crippen LogP contribution is 2.01. The molecule has 1 N–H and O–H groups in total. The van der Waals surface area contributed by atoms with Crippen molar-refractivity contribution in [3.8, 4) is 0 Å². The quantitative estimate of drug-likeness (QED) is 0.733. The minimum Gasteiger partial charge on any atom is -0.466 e. The lowest BCUT2D eigenvalue weighted by atomic mass is 10.1. The summed E-state index contributed by atoms with van der Waals surface area (Å²) < 4.78 is 4.83. The van der Waals surface area contributed by atoms with Crippen LogP contribution in [0.2, 0.25) is 0 Å². The Bertz CT molecular complexity index is 392. The average molecular weight is 250 g/mol. The van der Waals surface area contributed by atoms with E-state index >= 15 is 0 Å². The van der Waals surface area contributed by atoms with Crippen molar-refractivity contribution in [1.82, 2.24) is 10.3 Å². The Morgan fingerprint density at radius 2 is 2.28 bits per heavy atom. The van der Waals surface area contributed by atoms with Crippen LogP contribution in [-0.4, -0.2) is 29.4 Å². The van der Waals surface area contributed by atoms with Crippen LogP contribution in [0.25, 0.3) is 0 Å². The molecule has 5 heteroatoms. The van der Waals surface area contributed by atoms with Gasteiger partial charge in [0.15, 0.2) is 0 Å². The number of carbonyl (C=O) groups excluding carboxylic acids is 2. The summed E-state index contributed by atoms with van der Waals surface area (Å²) in [5.74, 6) is -0.441. The fourth-order valence-corrected chi connectivity index (χ4v) is 1.49. The van der Waals surface area contributed by atoms with Gasteiger partial charge in [-0.15, -0.1) is 0 Å². The van der Waals surface area contributed by atoms with Gasteiger partial charge in [0.05, 0.1) is 19.1 Å². The van der Waals surface area contributed by atoms with Crippen LogP contribution in [0.15, 0.2) is 24.5 Å². The molecule has 1 rings (SSSR count). The second-order valence-corrected chi connectivity index (χ2v) is 3.91. The van der Waals surface area contributed by atoms with Crippen LogP contribution >= 0.6 is 0 Å². The number of hydrogen-bond acceptors (Lipinski definition) is 5. The third-order valence-electron chi connectivity index (χ3n) is 2.44. The van der Waals surface area contributed by atoms with Crippen molar-refractivity contribution in [2.75, 3.05) is 6.61 Å².